The average Bonchev–Trinajstić information content (AvgIpc) is 2.40. The number of thioether (sulfide) groups is 2. The zero-order valence-corrected chi connectivity index (χ0v) is 14.4. The molecule has 0 aromatic rings. The van der Waals surface area contributed by atoms with Crippen LogP contribution in [-0.4, -0.2) is 53.1 Å². The van der Waals surface area contributed by atoms with Crippen molar-refractivity contribution in [2.75, 3.05) is 24.0 Å². The number of hydrogen-bond acceptors (Lipinski definition) is 7. The zero-order valence-electron chi connectivity index (χ0n) is 12.8. The molecule has 0 fully saturated rings. The molecule has 0 saturated heterocycles. The first kappa shape index (κ1) is 22.5. The highest BCUT2D eigenvalue weighted by Gasteiger charge is 2.15. The molecule has 0 amide bonds. The van der Waals surface area contributed by atoms with Gasteiger partial charge in [-0.25, -0.2) is 4.79 Å². The molecule has 0 aliphatic carbocycles. The summed E-state index contributed by atoms with van der Waals surface area (Å²) in [5.74, 6) is -0.0752. The van der Waals surface area contributed by atoms with E-state index in [1.165, 1.54) is 6.92 Å². The smallest absolute Gasteiger partial charge is 0.330 e. The summed E-state index contributed by atoms with van der Waals surface area (Å²) in [6, 6.07) is -0.679. The van der Waals surface area contributed by atoms with Crippen LogP contribution in [0.25, 0.3) is 0 Å². The van der Waals surface area contributed by atoms with Gasteiger partial charge in [0, 0.05) is 13.3 Å². The van der Waals surface area contributed by atoms with E-state index in [-0.39, 0.29) is 0 Å². The number of carboxylic acid groups (broad SMARTS) is 1. The Kier molecular flexibility index (Phi) is 16.8. The highest BCUT2D eigenvalue weighted by molar-refractivity contribution is 7.98. The number of carbonyl (C=O) groups is 3. The topological polar surface area (TPSA) is 107 Å². The van der Waals surface area contributed by atoms with E-state index in [0.717, 1.165) is 24.3 Å². The van der Waals surface area contributed by atoms with Crippen LogP contribution < -0.4 is 5.73 Å². The number of esters is 2. The van der Waals surface area contributed by atoms with Gasteiger partial charge in [0.05, 0.1) is 0 Å². The lowest BCUT2D eigenvalue weighted by Gasteiger charge is -2.07. The second kappa shape index (κ2) is 15.7. The molecule has 0 aromatic carbocycles. The van der Waals surface area contributed by atoms with Crippen LogP contribution in [0.1, 0.15) is 32.6 Å². The Morgan fingerprint density at radius 1 is 1.14 bits per heavy atom. The van der Waals surface area contributed by atoms with Gasteiger partial charge >= 0.3 is 17.9 Å². The SMILES string of the molecule is CSCCCCC(=O)O.CSCC[C@H](N)C(=O)OC(C)=O. The normalized spacial score (nSPS) is 11.0. The summed E-state index contributed by atoms with van der Waals surface area (Å²) < 4.78 is 4.30. The van der Waals surface area contributed by atoms with Gasteiger partial charge in [-0.05, 0) is 43.3 Å². The van der Waals surface area contributed by atoms with Gasteiger partial charge in [0.15, 0.2) is 0 Å². The molecule has 0 spiro atoms. The van der Waals surface area contributed by atoms with Crippen molar-refractivity contribution in [3.05, 3.63) is 0 Å². The molecule has 21 heavy (non-hydrogen) atoms. The van der Waals surface area contributed by atoms with Crippen LogP contribution in [0.15, 0.2) is 0 Å². The van der Waals surface area contributed by atoms with Crippen LogP contribution in [0.2, 0.25) is 0 Å². The summed E-state index contributed by atoms with van der Waals surface area (Å²) in [6.07, 6.45) is 6.64. The predicted octanol–water partition coefficient (Wildman–Crippen LogP) is 1.76. The largest absolute Gasteiger partial charge is 0.481 e. The fraction of sp³-hybridized carbons (Fsp3) is 0.769. The summed E-state index contributed by atoms with van der Waals surface area (Å²) in [6.45, 7) is 1.18. The third-order valence-electron chi connectivity index (χ3n) is 2.17. The zero-order chi connectivity index (χ0) is 16.7. The number of carbonyl (C=O) groups excluding carboxylic acids is 2. The Balaban J connectivity index is 0. The monoisotopic (exact) mass is 339 g/mol. The van der Waals surface area contributed by atoms with Gasteiger partial charge in [0.25, 0.3) is 0 Å². The molecule has 1 atom stereocenters. The lowest BCUT2D eigenvalue weighted by Crippen LogP contribution is -2.33. The van der Waals surface area contributed by atoms with Gasteiger partial charge in [0.1, 0.15) is 6.04 Å². The number of unbranched alkanes of at least 4 members (excludes halogenated alkanes) is 1. The standard InChI is InChI=1S/C7H13NO3S.C6H12O2S/c1-5(9)11-7(10)6(8)3-4-12-2;1-9-5-3-2-4-6(7)8/h6H,3-4,8H2,1-2H3;2-5H2,1H3,(H,7,8)/t6-;/m0./s1. The van der Waals surface area contributed by atoms with Crippen LogP contribution in [0, 0.1) is 0 Å². The number of aliphatic carboxylic acids is 1. The number of hydrogen-bond donors (Lipinski definition) is 2. The quantitative estimate of drug-likeness (QED) is 0.372. The van der Waals surface area contributed by atoms with Crippen molar-refractivity contribution in [3.8, 4) is 0 Å². The van der Waals surface area contributed by atoms with Crippen LogP contribution >= 0.6 is 23.5 Å². The van der Waals surface area contributed by atoms with Gasteiger partial charge in [-0.2, -0.15) is 23.5 Å². The van der Waals surface area contributed by atoms with E-state index < -0.39 is 23.9 Å². The number of ether oxygens (including phenoxy) is 1. The van der Waals surface area contributed by atoms with E-state index in [9.17, 15) is 14.4 Å². The second-order valence-corrected chi connectivity index (χ2v) is 6.12. The minimum absolute atomic E-state index is 0.320. The lowest BCUT2D eigenvalue weighted by atomic mass is 10.2. The van der Waals surface area contributed by atoms with Crippen LogP contribution in [0.3, 0.4) is 0 Å². The molecule has 0 unspecified atom stereocenters. The highest BCUT2D eigenvalue weighted by atomic mass is 32.2. The van der Waals surface area contributed by atoms with Crippen molar-refractivity contribution in [3.63, 3.8) is 0 Å². The van der Waals surface area contributed by atoms with Crippen molar-refractivity contribution in [1.82, 2.24) is 0 Å². The second-order valence-electron chi connectivity index (χ2n) is 4.14. The first-order valence-corrected chi connectivity index (χ1v) is 9.31. The fourth-order valence-electron chi connectivity index (χ4n) is 1.10. The molecule has 6 nitrogen and oxygen atoms in total. The maximum absolute atomic E-state index is 10.9. The van der Waals surface area contributed by atoms with Gasteiger partial charge in [0.2, 0.25) is 0 Å². The summed E-state index contributed by atoms with van der Waals surface area (Å²) in [4.78, 5) is 31.2. The van der Waals surface area contributed by atoms with Crippen molar-refractivity contribution in [2.45, 2.75) is 38.6 Å². The van der Waals surface area contributed by atoms with Crippen LogP contribution in [0.4, 0.5) is 0 Å². The Hall–Kier alpha value is -0.730. The van der Waals surface area contributed by atoms with Crippen molar-refractivity contribution in [1.29, 1.82) is 0 Å². The van der Waals surface area contributed by atoms with Gasteiger partial charge in [-0.1, -0.05) is 0 Å². The molecule has 8 heteroatoms. The van der Waals surface area contributed by atoms with E-state index in [0.29, 0.717) is 12.8 Å². The average molecular weight is 339 g/mol. The number of rotatable bonds is 9. The van der Waals surface area contributed by atoms with Crippen molar-refractivity contribution in [2.24, 2.45) is 5.73 Å². The molecule has 0 saturated carbocycles. The molecule has 0 rings (SSSR count). The number of carboxylic acids is 1. The molecule has 0 aliphatic heterocycles. The highest BCUT2D eigenvalue weighted by Crippen LogP contribution is 2.01. The van der Waals surface area contributed by atoms with Crippen molar-refractivity contribution >= 4 is 41.4 Å². The first-order chi connectivity index (χ1) is 9.84. The van der Waals surface area contributed by atoms with Crippen LogP contribution in [-0.2, 0) is 19.1 Å². The summed E-state index contributed by atoms with van der Waals surface area (Å²) in [5.41, 5.74) is 5.41. The summed E-state index contributed by atoms with van der Waals surface area (Å²) in [5, 5.41) is 8.21. The first-order valence-electron chi connectivity index (χ1n) is 6.52. The van der Waals surface area contributed by atoms with E-state index in [1.54, 1.807) is 23.5 Å². The van der Waals surface area contributed by atoms with E-state index in [4.69, 9.17) is 10.8 Å². The van der Waals surface area contributed by atoms with Crippen LogP contribution in [0.5, 0.6) is 0 Å². The minimum Gasteiger partial charge on any atom is -0.481 e. The molecule has 0 aliphatic rings. The summed E-state index contributed by atoms with van der Waals surface area (Å²) >= 11 is 3.35. The molecular formula is C13H25NO5S2. The molecule has 0 radical (unpaired) electrons. The van der Waals surface area contributed by atoms with E-state index in [1.807, 2.05) is 12.5 Å². The third-order valence-corrected chi connectivity index (χ3v) is 3.51. The Labute approximate surface area is 134 Å². The summed E-state index contributed by atoms with van der Waals surface area (Å²) in [7, 11) is 0. The molecule has 0 bridgehead atoms. The van der Waals surface area contributed by atoms with Crippen molar-refractivity contribution < 1.29 is 24.2 Å². The lowest BCUT2D eigenvalue weighted by molar-refractivity contribution is -0.159. The minimum atomic E-state index is -0.684. The van der Waals surface area contributed by atoms with Gasteiger partial charge < -0.3 is 15.6 Å². The molecular weight excluding hydrogens is 314 g/mol. The Bertz CT molecular complexity index is 313. The maximum atomic E-state index is 10.9. The van der Waals surface area contributed by atoms with Gasteiger partial charge in [-0.15, -0.1) is 0 Å². The molecule has 0 heterocycles. The van der Waals surface area contributed by atoms with E-state index in [2.05, 4.69) is 4.74 Å². The fourth-order valence-corrected chi connectivity index (χ4v) is 2.09. The molecule has 124 valence electrons. The Morgan fingerprint density at radius 3 is 2.14 bits per heavy atom. The van der Waals surface area contributed by atoms with Gasteiger partial charge in [-0.3, -0.25) is 9.59 Å². The Morgan fingerprint density at radius 2 is 1.71 bits per heavy atom. The molecule has 3 N–H and O–H groups in total. The predicted molar refractivity (Wildman–Crippen MR) is 87.6 cm³/mol. The number of nitrogens with two attached hydrogens (primary N) is 1. The maximum Gasteiger partial charge on any atom is 0.330 e. The molecule has 0 aromatic heterocycles. The third kappa shape index (κ3) is 19.3. The van der Waals surface area contributed by atoms with E-state index >= 15 is 0 Å².